The van der Waals surface area contributed by atoms with Crippen LogP contribution in [0.4, 0.5) is 0 Å². The fourth-order valence-electron chi connectivity index (χ4n) is 3.20. The highest BCUT2D eigenvalue weighted by atomic mass is 35.5. The molecule has 178 valence electrons. The number of aliphatic hydroxyl groups excluding tert-OH is 2. The molecule has 0 bridgehead atoms. The lowest BCUT2D eigenvalue weighted by molar-refractivity contribution is -0.151. The summed E-state index contributed by atoms with van der Waals surface area (Å²) < 4.78 is 32.7. The first-order valence-corrected chi connectivity index (χ1v) is 12.3. The van der Waals surface area contributed by atoms with Crippen LogP contribution in [-0.4, -0.2) is 62.0 Å². The third-order valence-electron chi connectivity index (χ3n) is 5.14. The maximum atomic E-state index is 12.4. The number of amides is 1. The molecule has 2 aromatic rings. The van der Waals surface area contributed by atoms with E-state index in [9.17, 15) is 23.4 Å². The van der Waals surface area contributed by atoms with Crippen LogP contribution in [0.15, 0.2) is 53.4 Å². The van der Waals surface area contributed by atoms with Crippen molar-refractivity contribution in [3.8, 4) is 0 Å². The highest BCUT2D eigenvalue weighted by Gasteiger charge is 2.39. The molecule has 0 radical (unpaired) electrons. The lowest BCUT2D eigenvalue weighted by atomic mass is 9.98. The monoisotopic (exact) mass is 514 g/mol. The first-order chi connectivity index (χ1) is 15.6. The first-order valence-electron chi connectivity index (χ1n) is 10.0. The van der Waals surface area contributed by atoms with Gasteiger partial charge in [-0.1, -0.05) is 47.0 Å². The highest BCUT2D eigenvalue weighted by Crippen LogP contribution is 2.23. The Morgan fingerprint density at radius 3 is 2.48 bits per heavy atom. The van der Waals surface area contributed by atoms with Crippen LogP contribution >= 0.6 is 23.2 Å². The first kappa shape index (κ1) is 25.6. The molecule has 3 rings (SSSR count). The van der Waals surface area contributed by atoms with Crippen LogP contribution in [0.5, 0.6) is 0 Å². The number of carbonyl (C=O) groups excluding carboxylic acids is 1. The Kier molecular flexibility index (Phi) is 8.52. The molecule has 0 spiro atoms. The summed E-state index contributed by atoms with van der Waals surface area (Å²) in [5.74, 6) is -0.514. The molecule has 1 aliphatic rings. The molecule has 0 unspecified atom stereocenters. The Morgan fingerprint density at radius 1 is 1.12 bits per heavy atom. The fraction of sp³-hybridized carbons (Fsp3) is 0.318. The molecule has 11 heteroatoms. The zero-order valence-corrected chi connectivity index (χ0v) is 19.9. The molecule has 8 nitrogen and oxygen atoms in total. The Labute approximate surface area is 202 Å². The van der Waals surface area contributed by atoms with Crippen molar-refractivity contribution in [2.75, 3.05) is 13.2 Å². The van der Waals surface area contributed by atoms with Crippen LogP contribution in [0.25, 0.3) is 6.08 Å². The number of nitrogens with one attached hydrogen (secondary N) is 2. The zero-order valence-electron chi connectivity index (χ0n) is 17.6. The molecule has 33 heavy (non-hydrogen) atoms. The predicted octanol–water partition coefficient (Wildman–Crippen LogP) is 1.90. The van der Waals surface area contributed by atoms with Crippen molar-refractivity contribution in [3.05, 3.63) is 69.7 Å². The highest BCUT2D eigenvalue weighted by molar-refractivity contribution is 7.89. The molecular formula is C22H24Cl2N2O6S. The zero-order chi connectivity index (χ0) is 24.2. The van der Waals surface area contributed by atoms with E-state index in [0.717, 1.165) is 5.56 Å². The summed E-state index contributed by atoms with van der Waals surface area (Å²) in [4.78, 5) is 12.3. The number of aliphatic hydroxyl groups is 2. The third kappa shape index (κ3) is 6.77. The van der Waals surface area contributed by atoms with E-state index in [1.54, 1.807) is 30.3 Å². The maximum Gasteiger partial charge on any atom is 0.244 e. The summed E-state index contributed by atoms with van der Waals surface area (Å²) in [5, 5.41) is 24.1. The lowest BCUT2D eigenvalue weighted by Gasteiger charge is -2.37. The number of ether oxygens (including phenoxy) is 1. The van der Waals surface area contributed by atoms with Crippen LogP contribution < -0.4 is 10.0 Å². The van der Waals surface area contributed by atoms with E-state index < -0.39 is 40.3 Å². The maximum absolute atomic E-state index is 12.4. The second kappa shape index (κ2) is 11.0. The van der Waals surface area contributed by atoms with E-state index >= 15 is 0 Å². The van der Waals surface area contributed by atoms with Crippen molar-refractivity contribution < 1.29 is 28.2 Å². The van der Waals surface area contributed by atoms with Gasteiger partial charge >= 0.3 is 0 Å². The summed E-state index contributed by atoms with van der Waals surface area (Å²) in [7, 11) is -3.81. The SMILES string of the molecule is Cc1ccc(S(=O)(=O)NC[C@H]2OC[C@H](NC(=O)/C=C/c3ccc(Cl)c(Cl)c3)[C@@H](O)[C@@H]2O)cc1. The Balaban J connectivity index is 1.53. The summed E-state index contributed by atoms with van der Waals surface area (Å²) >= 11 is 11.8. The standard InChI is InChI=1S/C22H24Cl2N2O6S/c1-13-2-6-15(7-3-13)33(30,31)25-11-19-22(29)21(28)18(12-32-19)26-20(27)9-5-14-4-8-16(23)17(24)10-14/h2-10,18-19,21-22,25,28-29H,11-12H2,1H3,(H,26,27)/b9-5+/t18-,19+,21+,22+/m0/s1. The molecule has 1 amide bonds. The number of hydrogen-bond acceptors (Lipinski definition) is 6. The fourth-order valence-corrected chi connectivity index (χ4v) is 4.55. The largest absolute Gasteiger partial charge is 0.388 e. The third-order valence-corrected chi connectivity index (χ3v) is 7.32. The van der Waals surface area contributed by atoms with Crippen LogP contribution in [-0.2, 0) is 19.6 Å². The Hall–Kier alpha value is -1.98. The van der Waals surface area contributed by atoms with Gasteiger partial charge in [0.15, 0.2) is 0 Å². The minimum Gasteiger partial charge on any atom is -0.388 e. The van der Waals surface area contributed by atoms with Gasteiger partial charge in [-0.05, 0) is 42.8 Å². The van der Waals surface area contributed by atoms with Crippen molar-refractivity contribution >= 4 is 45.2 Å². The summed E-state index contributed by atoms with van der Waals surface area (Å²) in [6, 6.07) is 10.3. The molecule has 1 fully saturated rings. The number of rotatable bonds is 7. The second-order valence-corrected chi connectivity index (χ2v) is 10.2. The number of aryl methyl sites for hydroxylation is 1. The molecule has 0 saturated carbocycles. The predicted molar refractivity (Wildman–Crippen MR) is 126 cm³/mol. The average Bonchev–Trinajstić information content (AvgIpc) is 2.77. The number of carbonyl (C=O) groups is 1. The van der Waals surface area contributed by atoms with E-state index in [-0.39, 0.29) is 18.0 Å². The smallest absolute Gasteiger partial charge is 0.244 e. The van der Waals surface area contributed by atoms with Gasteiger partial charge in [-0.25, -0.2) is 13.1 Å². The van der Waals surface area contributed by atoms with E-state index in [1.165, 1.54) is 24.3 Å². The van der Waals surface area contributed by atoms with E-state index in [2.05, 4.69) is 10.0 Å². The normalized spacial score (nSPS) is 23.5. The quantitative estimate of drug-likeness (QED) is 0.418. The number of hydrogen-bond donors (Lipinski definition) is 4. The van der Waals surface area contributed by atoms with Gasteiger partial charge in [0.25, 0.3) is 0 Å². The molecule has 1 heterocycles. The Morgan fingerprint density at radius 2 is 1.82 bits per heavy atom. The lowest BCUT2D eigenvalue weighted by Crippen LogP contribution is -2.61. The van der Waals surface area contributed by atoms with Crippen molar-refractivity contribution in [2.45, 2.75) is 36.2 Å². The van der Waals surface area contributed by atoms with Crippen molar-refractivity contribution in [2.24, 2.45) is 0 Å². The van der Waals surface area contributed by atoms with Crippen LogP contribution in [0.1, 0.15) is 11.1 Å². The van der Waals surface area contributed by atoms with Crippen molar-refractivity contribution in [3.63, 3.8) is 0 Å². The van der Waals surface area contributed by atoms with Gasteiger partial charge < -0.3 is 20.3 Å². The summed E-state index contributed by atoms with van der Waals surface area (Å²) in [6.07, 6.45) is -0.980. The summed E-state index contributed by atoms with van der Waals surface area (Å²) in [5.41, 5.74) is 1.57. The van der Waals surface area contributed by atoms with Gasteiger partial charge in [0.1, 0.15) is 12.2 Å². The topological polar surface area (TPSA) is 125 Å². The van der Waals surface area contributed by atoms with Crippen LogP contribution in [0.3, 0.4) is 0 Å². The van der Waals surface area contributed by atoms with Crippen molar-refractivity contribution in [1.29, 1.82) is 0 Å². The van der Waals surface area contributed by atoms with E-state index in [4.69, 9.17) is 27.9 Å². The molecule has 0 aliphatic carbocycles. The number of halogens is 2. The molecule has 1 aliphatic heterocycles. The van der Waals surface area contributed by atoms with Gasteiger partial charge in [-0.2, -0.15) is 0 Å². The number of benzene rings is 2. The molecular weight excluding hydrogens is 491 g/mol. The minimum absolute atomic E-state index is 0.0813. The molecule has 4 atom stereocenters. The molecule has 2 aromatic carbocycles. The van der Waals surface area contributed by atoms with Gasteiger partial charge in [0.05, 0.1) is 33.7 Å². The average molecular weight is 515 g/mol. The van der Waals surface area contributed by atoms with Gasteiger partial charge in [-0.15, -0.1) is 0 Å². The molecule has 0 aromatic heterocycles. The van der Waals surface area contributed by atoms with E-state index in [0.29, 0.717) is 15.6 Å². The summed E-state index contributed by atoms with van der Waals surface area (Å²) in [6.45, 7) is 1.49. The second-order valence-electron chi connectivity index (χ2n) is 7.64. The van der Waals surface area contributed by atoms with E-state index in [1.807, 2.05) is 6.92 Å². The Bertz CT molecular complexity index is 1120. The van der Waals surface area contributed by atoms with Crippen LogP contribution in [0.2, 0.25) is 10.0 Å². The van der Waals surface area contributed by atoms with Gasteiger partial charge in [0, 0.05) is 12.6 Å². The van der Waals surface area contributed by atoms with Gasteiger partial charge in [-0.3, -0.25) is 4.79 Å². The van der Waals surface area contributed by atoms with Crippen LogP contribution in [0, 0.1) is 6.92 Å². The minimum atomic E-state index is -3.81. The van der Waals surface area contributed by atoms with Gasteiger partial charge in [0.2, 0.25) is 15.9 Å². The molecule has 4 N–H and O–H groups in total. The van der Waals surface area contributed by atoms with Crippen molar-refractivity contribution in [1.82, 2.24) is 10.0 Å². The molecule has 1 saturated heterocycles. The number of sulfonamides is 1.